The van der Waals surface area contributed by atoms with Crippen LogP contribution in [0.2, 0.25) is 0 Å². The molecule has 0 spiro atoms. The molecular weight excluding hydrogens is 356 g/mol. The largest absolute Gasteiger partial charge is 0.486 e. The van der Waals surface area contributed by atoms with Gasteiger partial charge in [-0.15, -0.1) is 0 Å². The molecule has 2 aromatic heterocycles. The molecule has 0 bridgehead atoms. The molecule has 1 aromatic carbocycles. The SMILES string of the molecule is COC(=O)c1ccc(COc2ccc(-c3cc(COC(N)=O)on3)cc2)o1. The summed E-state index contributed by atoms with van der Waals surface area (Å²) in [5.41, 5.74) is 6.28. The summed E-state index contributed by atoms with van der Waals surface area (Å²) in [6.07, 6.45) is -0.885. The Balaban J connectivity index is 1.58. The maximum absolute atomic E-state index is 11.3. The Morgan fingerprint density at radius 3 is 2.56 bits per heavy atom. The number of methoxy groups -OCH3 is 1. The normalized spacial score (nSPS) is 10.4. The third kappa shape index (κ3) is 4.66. The van der Waals surface area contributed by atoms with Gasteiger partial charge in [0.15, 0.2) is 12.4 Å². The molecule has 0 aliphatic heterocycles. The second kappa shape index (κ2) is 8.09. The van der Waals surface area contributed by atoms with Gasteiger partial charge in [0.25, 0.3) is 0 Å². The Morgan fingerprint density at radius 1 is 1.07 bits per heavy atom. The van der Waals surface area contributed by atoms with E-state index in [4.69, 9.17) is 19.4 Å². The van der Waals surface area contributed by atoms with E-state index < -0.39 is 12.1 Å². The van der Waals surface area contributed by atoms with E-state index in [2.05, 4.69) is 14.6 Å². The van der Waals surface area contributed by atoms with Crippen molar-refractivity contribution in [1.82, 2.24) is 5.16 Å². The van der Waals surface area contributed by atoms with Crippen LogP contribution in [0.5, 0.6) is 5.75 Å². The number of hydrogen-bond donors (Lipinski definition) is 1. The molecule has 9 heteroatoms. The summed E-state index contributed by atoms with van der Waals surface area (Å²) < 4.78 is 25.2. The Morgan fingerprint density at radius 2 is 1.85 bits per heavy atom. The number of nitrogens with zero attached hydrogens (tertiary/aromatic N) is 1. The summed E-state index contributed by atoms with van der Waals surface area (Å²) in [6, 6.07) is 11.9. The van der Waals surface area contributed by atoms with E-state index in [1.807, 2.05) is 0 Å². The predicted octanol–water partition coefficient (Wildman–Crippen LogP) is 2.90. The average Bonchev–Trinajstić information content (AvgIpc) is 3.34. The average molecular weight is 372 g/mol. The summed E-state index contributed by atoms with van der Waals surface area (Å²) in [4.78, 5) is 21.9. The maximum Gasteiger partial charge on any atom is 0.404 e. The standard InChI is InChI=1S/C18H16N2O7/c1-23-17(21)16-7-6-13(26-16)9-24-12-4-2-11(3-5-12)15-8-14(27-20-15)10-25-18(19)22/h2-8H,9-10H2,1H3,(H2,19,22). The zero-order valence-electron chi connectivity index (χ0n) is 14.3. The first kappa shape index (κ1) is 18.1. The van der Waals surface area contributed by atoms with Gasteiger partial charge in [-0.3, -0.25) is 0 Å². The van der Waals surface area contributed by atoms with Crippen LogP contribution < -0.4 is 10.5 Å². The minimum atomic E-state index is -0.885. The number of primary amides is 1. The summed E-state index contributed by atoms with van der Waals surface area (Å²) in [6.45, 7) is 0.0785. The van der Waals surface area contributed by atoms with E-state index in [9.17, 15) is 9.59 Å². The Bertz CT molecular complexity index is 927. The van der Waals surface area contributed by atoms with E-state index in [-0.39, 0.29) is 19.0 Å². The lowest BCUT2D eigenvalue weighted by Crippen LogP contribution is -2.12. The molecule has 0 aliphatic carbocycles. The number of amides is 1. The number of hydrogen-bond acceptors (Lipinski definition) is 8. The molecule has 27 heavy (non-hydrogen) atoms. The van der Waals surface area contributed by atoms with Crippen molar-refractivity contribution in [2.75, 3.05) is 7.11 Å². The zero-order chi connectivity index (χ0) is 19.2. The van der Waals surface area contributed by atoms with Crippen LogP contribution in [0.15, 0.2) is 51.4 Å². The number of nitrogens with two attached hydrogens (primary N) is 1. The lowest BCUT2D eigenvalue weighted by Gasteiger charge is -2.04. The number of carbonyl (C=O) groups is 2. The van der Waals surface area contributed by atoms with Crippen molar-refractivity contribution < 1.29 is 32.7 Å². The molecule has 0 radical (unpaired) electrons. The van der Waals surface area contributed by atoms with Gasteiger partial charge in [0.1, 0.15) is 23.8 Å². The number of benzene rings is 1. The fourth-order valence-electron chi connectivity index (χ4n) is 2.20. The van der Waals surface area contributed by atoms with Crippen molar-refractivity contribution in [1.29, 1.82) is 0 Å². The topological polar surface area (TPSA) is 127 Å². The van der Waals surface area contributed by atoms with Crippen molar-refractivity contribution in [2.45, 2.75) is 13.2 Å². The molecule has 0 saturated carbocycles. The molecule has 0 unspecified atom stereocenters. The van der Waals surface area contributed by atoms with Gasteiger partial charge in [-0.05, 0) is 36.4 Å². The summed E-state index contributed by atoms with van der Waals surface area (Å²) in [5, 5.41) is 3.91. The predicted molar refractivity (Wildman–Crippen MR) is 90.7 cm³/mol. The van der Waals surface area contributed by atoms with E-state index in [0.717, 1.165) is 5.56 Å². The molecule has 3 aromatic rings. The highest BCUT2D eigenvalue weighted by Crippen LogP contribution is 2.23. The number of esters is 1. The van der Waals surface area contributed by atoms with Crippen LogP contribution in [0.25, 0.3) is 11.3 Å². The van der Waals surface area contributed by atoms with Gasteiger partial charge in [-0.2, -0.15) is 0 Å². The van der Waals surface area contributed by atoms with Gasteiger partial charge in [-0.1, -0.05) is 5.16 Å². The number of ether oxygens (including phenoxy) is 3. The summed E-state index contributed by atoms with van der Waals surface area (Å²) in [7, 11) is 1.28. The minimum absolute atomic E-state index is 0.0831. The first-order valence-corrected chi connectivity index (χ1v) is 7.83. The van der Waals surface area contributed by atoms with Gasteiger partial charge >= 0.3 is 12.1 Å². The summed E-state index contributed by atoms with van der Waals surface area (Å²) >= 11 is 0. The molecule has 0 atom stereocenters. The van der Waals surface area contributed by atoms with Gasteiger partial charge in [0, 0.05) is 11.6 Å². The molecule has 0 saturated heterocycles. The first-order chi connectivity index (χ1) is 13.0. The van der Waals surface area contributed by atoms with E-state index in [1.54, 1.807) is 36.4 Å². The van der Waals surface area contributed by atoms with Crippen LogP contribution in [0.4, 0.5) is 4.79 Å². The van der Waals surface area contributed by atoms with Crippen molar-refractivity contribution in [3.63, 3.8) is 0 Å². The van der Waals surface area contributed by atoms with Gasteiger partial charge in [0.05, 0.1) is 7.11 Å². The number of rotatable bonds is 7. The fraction of sp³-hybridized carbons (Fsp3) is 0.167. The molecule has 140 valence electrons. The van der Waals surface area contributed by atoms with Gasteiger partial charge in [-0.25, -0.2) is 9.59 Å². The quantitative estimate of drug-likeness (QED) is 0.627. The third-order valence-electron chi connectivity index (χ3n) is 3.50. The third-order valence-corrected chi connectivity index (χ3v) is 3.50. The number of furan rings is 1. The van der Waals surface area contributed by atoms with Crippen LogP contribution in [-0.4, -0.2) is 24.3 Å². The highest BCUT2D eigenvalue weighted by Gasteiger charge is 2.12. The molecule has 2 heterocycles. The fourth-order valence-corrected chi connectivity index (χ4v) is 2.20. The van der Waals surface area contributed by atoms with Crippen molar-refractivity contribution in [2.24, 2.45) is 5.73 Å². The Labute approximate surface area is 153 Å². The van der Waals surface area contributed by atoms with Crippen molar-refractivity contribution >= 4 is 12.1 Å². The van der Waals surface area contributed by atoms with Crippen LogP contribution >= 0.6 is 0 Å². The minimum Gasteiger partial charge on any atom is -0.486 e. The van der Waals surface area contributed by atoms with Crippen LogP contribution in [-0.2, 0) is 22.7 Å². The van der Waals surface area contributed by atoms with Crippen LogP contribution in [0.1, 0.15) is 22.1 Å². The Kier molecular flexibility index (Phi) is 5.41. The lowest BCUT2D eigenvalue weighted by molar-refractivity contribution is 0.0561. The zero-order valence-corrected chi connectivity index (χ0v) is 14.3. The van der Waals surface area contributed by atoms with E-state index in [1.165, 1.54) is 13.2 Å². The van der Waals surface area contributed by atoms with Gasteiger partial charge < -0.3 is 28.9 Å². The van der Waals surface area contributed by atoms with E-state index in [0.29, 0.717) is 23.0 Å². The second-order valence-corrected chi connectivity index (χ2v) is 5.36. The maximum atomic E-state index is 11.3. The molecule has 0 fully saturated rings. The molecule has 9 nitrogen and oxygen atoms in total. The Hall–Kier alpha value is -3.75. The first-order valence-electron chi connectivity index (χ1n) is 7.83. The lowest BCUT2D eigenvalue weighted by atomic mass is 10.1. The highest BCUT2D eigenvalue weighted by molar-refractivity contribution is 5.86. The van der Waals surface area contributed by atoms with Gasteiger partial charge in [0.2, 0.25) is 5.76 Å². The van der Waals surface area contributed by atoms with Crippen molar-refractivity contribution in [3.05, 3.63) is 59.7 Å². The number of carbonyl (C=O) groups excluding carboxylic acids is 2. The van der Waals surface area contributed by atoms with Crippen LogP contribution in [0, 0.1) is 0 Å². The number of aromatic nitrogens is 1. The molecule has 0 aliphatic rings. The van der Waals surface area contributed by atoms with E-state index >= 15 is 0 Å². The monoisotopic (exact) mass is 372 g/mol. The smallest absolute Gasteiger partial charge is 0.404 e. The molecule has 2 N–H and O–H groups in total. The molecule has 1 amide bonds. The van der Waals surface area contributed by atoms with Crippen molar-refractivity contribution in [3.8, 4) is 17.0 Å². The van der Waals surface area contributed by atoms with Crippen LogP contribution in [0.3, 0.4) is 0 Å². The molecular formula is C18H16N2O7. The summed E-state index contributed by atoms with van der Waals surface area (Å²) in [5.74, 6) is 1.06. The highest BCUT2D eigenvalue weighted by atomic mass is 16.6. The molecule has 3 rings (SSSR count). The second-order valence-electron chi connectivity index (χ2n) is 5.36.